The van der Waals surface area contributed by atoms with Gasteiger partial charge in [-0.1, -0.05) is 13.3 Å². The second-order valence-corrected chi connectivity index (χ2v) is 7.52. The van der Waals surface area contributed by atoms with Crippen LogP contribution in [-0.4, -0.2) is 47.3 Å². The van der Waals surface area contributed by atoms with Crippen LogP contribution in [0.25, 0.3) is 0 Å². The van der Waals surface area contributed by atoms with Gasteiger partial charge in [-0.3, -0.25) is 4.90 Å². The van der Waals surface area contributed by atoms with Gasteiger partial charge in [0.1, 0.15) is 0 Å². The van der Waals surface area contributed by atoms with Crippen molar-refractivity contribution < 1.29 is 5.11 Å². The zero-order chi connectivity index (χ0) is 14.6. The van der Waals surface area contributed by atoms with Crippen LogP contribution in [0.15, 0.2) is 0 Å². The molecule has 118 valence electrons. The van der Waals surface area contributed by atoms with E-state index in [1.807, 2.05) is 0 Å². The molecule has 3 nitrogen and oxygen atoms in total. The van der Waals surface area contributed by atoms with E-state index in [1.165, 1.54) is 45.2 Å². The normalized spacial score (nSPS) is 33.9. The van der Waals surface area contributed by atoms with Gasteiger partial charge in [-0.05, 0) is 77.9 Å². The minimum absolute atomic E-state index is 0.0138. The van der Waals surface area contributed by atoms with Gasteiger partial charge in [0.25, 0.3) is 0 Å². The van der Waals surface area contributed by atoms with E-state index in [1.54, 1.807) is 0 Å². The van der Waals surface area contributed by atoms with E-state index < -0.39 is 0 Å². The van der Waals surface area contributed by atoms with Crippen LogP contribution in [0.1, 0.15) is 65.7 Å². The maximum absolute atomic E-state index is 9.93. The van der Waals surface area contributed by atoms with Crippen molar-refractivity contribution in [1.29, 1.82) is 0 Å². The summed E-state index contributed by atoms with van der Waals surface area (Å²) in [6.07, 6.45) is 8.76. The quantitative estimate of drug-likeness (QED) is 0.754. The average Bonchev–Trinajstić information content (AvgIpc) is 2.97. The number of rotatable bonds is 7. The van der Waals surface area contributed by atoms with Crippen molar-refractivity contribution in [2.75, 3.05) is 26.2 Å². The topological polar surface area (TPSA) is 35.5 Å². The lowest BCUT2D eigenvalue weighted by Crippen LogP contribution is -2.52. The van der Waals surface area contributed by atoms with Crippen molar-refractivity contribution in [2.45, 2.75) is 76.8 Å². The molecule has 0 bridgehead atoms. The third kappa shape index (κ3) is 3.37. The Morgan fingerprint density at radius 3 is 2.65 bits per heavy atom. The van der Waals surface area contributed by atoms with Crippen molar-refractivity contribution in [2.24, 2.45) is 5.92 Å². The fourth-order valence-corrected chi connectivity index (χ4v) is 4.33. The molecule has 2 rings (SSSR count). The van der Waals surface area contributed by atoms with E-state index in [2.05, 4.69) is 31.0 Å². The molecule has 0 radical (unpaired) electrons. The first-order valence-corrected chi connectivity index (χ1v) is 8.65. The van der Waals surface area contributed by atoms with Crippen LogP contribution in [0.5, 0.6) is 0 Å². The molecule has 20 heavy (non-hydrogen) atoms. The number of nitrogens with zero attached hydrogens (tertiary/aromatic N) is 1. The predicted octanol–water partition coefficient (Wildman–Crippen LogP) is 2.78. The Hall–Kier alpha value is -0.120. The summed E-state index contributed by atoms with van der Waals surface area (Å²) in [4.78, 5) is 2.66. The van der Waals surface area contributed by atoms with Gasteiger partial charge in [-0.2, -0.15) is 0 Å². The summed E-state index contributed by atoms with van der Waals surface area (Å²) >= 11 is 0. The van der Waals surface area contributed by atoms with Gasteiger partial charge in [0, 0.05) is 11.1 Å². The van der Waals surface area contributed by atoms with E-state index in [9.17, 15) is 5.11 Å². The SMILES string of the molecule is CCCNC1(CO)CCCC1CCN1CCCC1(C)C. The molecule has 0 aromatic heterocycles. The maximum Gasteiger partial charge on any atom is 0.0616 e. The number of aliphatic hydroxyl groups is 1. The molecule has 3 heteroatoms. The number of hydrogen-bond acceptors (Lipinski definition) is 3. The molecule has 1 aliphatic heterocycles. The van der Waals surface area contributed by atoms with E-state index in [-0.39, 0.29) is 5.54 Å². The molecule has 1 saturated carbocycles. The second kappa shape index (κ2) is 6.76. The van der Waals surface area contributed by atoms with E-state index in [0.717, 1.165) is 19.4 Å². The summed E-state index contributed by atoms with van der Waals surface area (Å²) in [5.41, 5.74) is 0.400. The highest BCUT2D eigenvalue weighted by atomic mass is 16.3. The summed E-state index contributed by atoms with van der Waals surface area (Å²) in [5.74, 6) is 0.649. The molecular formula is C17H34N2O. The Balaban J connectivity index is 1.90. The van der Waals surface area contributed by atoms with Crippen LogP contribution in [0, 0.1) is 5.92 Å². The van der Waals surface area contributed by atoms with Gasteiger partial charge >= 0.3 is 0 Å². The van der Waals surface area contributed by atoms with Crippen LogP contribution < -0.4 is 5.32 Å². The molecule has 0 spiro atoms. The molecule has 1 saturated heterocycles. The van der Waals surface area contributed by atoms with E-state index in [4.69, 9.17) is 0 Å². The van der Waals surface area contributed by atoms with Crippen LogP contribution in [0.3, 0.4) is 0 Å². The second-order valence-electron chi connectivity index (χ2n) is 7.52. The Labute approximate surface area is 125 Å². The molecule has 0 aromatic rings. The number of likely N-dealkylation sites (tertiary alicyclic amines) is 1. The molecule has 1 aliphatic carbocycles. The highest BCUT2D eigenvalue weighted by molar-refractivity contribution is 4.99. The van der Waals surface area contributed by atoms with Crippen LogP contribution in [0.4, 0.5) is 0 Å². The van der Waals surface area contributed by atoms with Gasteiger partial charge in [0.15, 0.2) is 0 Å². The molecular weight excluding hydrogens is 248 g/mol. The monoisotopic (exact) mass is 282 g/mol. The Bertz CT molecular complexity index is 305. The van der Waals surface area contributed by atoms with Gasteiger partial charge in [0.2, 0.25) is 0 Å². The molecule has 2 fully saturated rings. The first kappa shape index (κ1) is 16.3. The average molecular weight is 282 g/mol. The van der Waals surface area contributed by atoms with Crippen molar-refractivity contribution in [3.63, 3.8) is 0 Å². The number of aliphatic hydroxyl groups excluding tert-OH is 1. The first-order chi connectivity index (χ1) is 9.54. The largest absolute Gasteiger partial charge is 0.394 e. The molecule has 2 N–H and O–H groups in total. The fourth-order valence-electron chi connectivity index (χ4n) is 4.33. The van der Waals surface area contributed by atoms with Crippen molar-refractivity contribution in [1.82, 2.24) is 10.2 Å². The molecule has 1 heterocycles. The van der Waals surface area contributed by atoms with Crippen molar-refractivity contribution in [3.05, 3.63) is 0 Å². The zero-order valence-corrected chi connectivity index (χ0v) is 13.7. The van der Waals surface area contributed by atoms with Gasteiger partial charge in [-0.15, -0.1) is 0 Å². The third-order valence-electron chi connectivity index (χ3n) is 5.79. The van der Waals surface area contributed by atoms with Crippen molar-refractivity contribution >= 4 is 0 Å². The van der Waals surface area contributed by atoms with Gasteiger partial charge in [0.05, 0.1) is 6.61 Å². The molecule has 2 unspecified atom stereocenters. The fraction of sp³-hybridized carbons (Fsp3) is 1.00. The van der Waals surface area contributed by atoms with E-state index in [0.29, 0.717) is 18.1 Å². The maximum atomic E-state index is 9.93. The molecule has 2 aliphatic rings. The lowest BCUT2D eigenvalue weighted by atomic mass is 9.84. The number of hydrogen-bond donors (Lipinski definition) is 2. The lowest BCUT2D eigenvalue weighted by Gasteiger charge is -2.38. The minimum Gasteiger partial charge on any atom is -0.394 e. The van der Waals surface area contributed by atoms with Crippen LogP contribution in [-0.2, 0) is 0 Å². The number of nitrogens with one attached hydrogen (secondary N) is 1. The molecule has 0 aromatic carbocycles. The molecule has 2 atom stereocenters. The lowest BCUT2D eigenvalue weighted by molar-refractivity contribution is 0.100. The summed E-state index contributed by atoms with van der Waals surface area (Å²) in [5, 5.41) is 13.6. The summed E-state index contributed by atoms with van der Waals surface area (Å²) in [6, 6.07) is 0. The summed E-state index contributed by atoms with van der Waals surface area (Å²) < 4.78 is 0. The van der Waals surface area contributed by atoms with Crippen molar-refractivity contribution in [3.8, 4) is 0 Å². The Morgan fingerprint density at radius 1 is 1.25 bits per heavy atom. The summed E-state index contributed by atoms with van der Waals surface area (Å²) in [6.45, 7) is 10.8. The van der Waals surface area contributed by atoms with Crippen LogP contribution >= 0.6 is 0 Å². The van der Waals surface area contributed by atoms with E-state index >= 15 is 0 Å². The first-order valence-electron chi connectivity index (χ1n) is 8.65. The highest BCUT2D eigenvalue weighted by Crippen LogP contribution is 2.39. The standard InChI is InChI=1S/C17H34N2O/c1-4-11-18-17(14-20)10-5-7-15(17)8-13-19-12-6-9-16(19,2)3/h15,18,20H,4-14H2,1-3H3. The predicted molar refractivity (Wildman–Crippen MR) is 85.0 cm³/mol. The summed E-state index contributed by atoms with van der Waals surface area (Å²) in [7, 11) is 0. The van der Waals surface area contributed by atoms with Crippen LogP contribution in [0.2, 0.25) is 0 Å². The van der Waals surface area contributed by atoms with Gasteiger partial charge in [-0.25, -0.2) is 0 Å². The Kier molecular flexibility index (Phi) is 5.49. The molecule has 0 amide bonds. The smallest absolute Gasteiger partial charge is 0.0616 e. The zero-order valence-electron chi connectivity index (χ0n) is 13.7. The van der Waals surface area contributed by atoms with Gasteiger partial charge < -0.3 is 10.4 Å². The third-order valence-corrected chi connectivity index (χ3v) is 5.79. The minimum atomic E-state index is 0.0138. The highest BCUT2D eigenvalue weighted by Gasteiger charge is 2.42. The Morgan fingerprint density at radius 2 is 2.05 bits per heavy atom.